The van der Waals surface area contributed by atoms with Crippen LogP contribution >= 0.6 is 0 Å². The molecule has 7 heteroatoms. The van der Waals surface area contributed by atoms with Crippen molar-refractivity contribution in [1.82, 2.24) is 20.3 Å². The smallest absolute Gasteiger partial charge is 0.252 e. The minimum absolute atomic E-state index is 0.224. The van der Waals surface area contributed by atoms with Gasteiger partial charge in [0.25, 0.3) is 5.91 Å². The summed E-state index contributed by atoms with van der Waals surface area (Å²) in [4.78, 5) is 37.7. The van der Waals surface area contributed by atoms with Crippen molar-refractivity contribution in [2.45, 2.75) is 51.5 Å². The number of unbranched alkanes of at least 4 members (excludes halogenated alkanes) is 2. The molecule has 1 amide bonds. The van der Waals surface area contributed by atoms with Crippen molar-refractivity contribution in [2.24, 2.45) is 0 Å². The van der Waals surface area contributed by atoms with E-state index in [1.54, 1.807) is 36.8 Å². The fraction of sp³-hybridized carbons (Fsp3) is 0.296. The Labute approximate surface area is 198 Å². The molecule has 4 aromatic rings. The molecule has 1 atom stereocenters. The first-order chi connectivity index (χ1) is 16.6. The van der Waals surface area contributed by atoms with Crippen LogP contribution in [0.1, 0.15) is 67.7 Å². The van der Waals surface area contributed by atoms with Gasteiger partial charge in [0.05, 0.1) is 17.2 Å². The number of Topliss-reactive ketones (excluding diaryl/α,β-unsaturated/α-hetero) is 1. The Kier molecular flexibility index (Phi) is 7.75. The van der Waals surface area contributed by atoms with Crippen molar-refractivity contribution in [3.05, 3.63) is 78.6 Å². The second-order valence-corrected chi connectivity index (χ2v) is 8.21. The third kappa shape index (κ3) is 5.92. The SMILES string of the molecule is CCC(=O)CCCCC[C@H](NC(=O)c1ccc2nccnc2c1)c1ncc(-c2ccccc2)o1. The van der Waals surface area contributed by atoms with Crippen LogP contribution in [0.25, 0.3) is 22.4 Å². The zero-order chi connectivity index (χ0) is 23.8. The molecule has 1 N–H and O–H groups in total. The summed E-state index contributed by atoms with van der Waals surface area (Å²) in [6.07, 6.45) is 9.34. The molecule has 7 nitrogen and oxygen atoms in total. The lowest BCUT2D eigenvalue weighted by molar-refractivity contribution is -0.118. The number of hydrogen-bond acceptors (Lipinski definition) is 6. The van der Waals surface area contributed by atoms with Crippen LogP contribution in [0, 0.1) is 0 Å². The van der Waals surface area contributed by atoms with Crippen molar-refractivity contribution in [3.63, 3.8) is 0 Å². The summed E-state index contributed by atoms with van der Waals surface area (Å²) >= 11 is 0. The first-order valence-corrected chi connectivity index (χ1v) is 11.7. The van der Waals surface area contributed by atoms with Crippen molar-refractivity contribution >= 4 is 22.7 Å². The average molecular weight is 457 g/mol. The van der Waals surface area contributed by atoms with Crippen molar-refractivity contribution in [3.8, 4) is 11.3 Å². The van der Waals surface area contributed by atoms with Gasteiger partial charge in [-0.05, 0) is 31.0 Å². The van der Waals surface area contributed by atoms with Gasteiger partial charge in [0.2, 0.25) is 5.89 Å². The minimum atomic E-state index is -0.385. The summed E-state index contributed by atoms with van der Waals surface area (Å²) in [5, 5.41) is 3.08. The Balaban J connectivity index is 1.49. The van der Waals surface area contributed by atoms with Crippen LogP contribution in [0.5, 0.6) is 0 Å². The van der Waals surface area contributed by atoms with Gasteiger partial charge in [-0.25, -0.2) is 4.98 Å². The lowest BCUT2D eigenvalue weighted by Gasteiger charge is -2.16. The second kappa shape index (κ2) is 11.3. The number of ketones is 1. The molecule has 2 heterocycles. The van der Waals surface area contributed by atoms with Gasteiger partial charge in [0, 0.05) is 36.4 Å². The number of amides is 1. The highest BCUT2D eigenvalue weighted by atomic mass is 16.4. The number of benzene rings is 2. The predicted octanol–water partition coefficient (Wildman–Crippen LogP) is 5.69. The van der Waals surface area contributed by atoms with Crippen LogP contribution in [0.4, 0.5) is 0 Å². The maximum Gasteiger partial charge on any atom is 0.252 e. The highest BCUT2D eigenvalue weighted by Gasteiger charge is 2.21. The lowest BCUT2D eigenvalue weighted by atomic mass is 10.0. The van der Waals surface area contributed by atoms with Crippen LogP contribution in [0.2, 0.25) is 0 Å². The molecular formula is C27H28N4O3. The van der Waals surface area contributed by atoms with E-state index in [4.69, 9.17) is 4.42 Å². The summed E-state index contributed by atoms with van der Waals surface area (Å²) in [5.74, 6) is 1.18. The number of nitrogens with one attached hydrogen (secondary N) is 1. The summed E-state index contributed by atoms with van der Waals surface area (Å²) in [5.41, 5.74) is 2.83. The molecule has 2 aromatic carbocycles. The molecule has 0 fully saturated rings. The number of nitrogens with zero attached hydrogens (tertiary/aromatic N) is 3. The number of aromatic nitrogens is 3. The summed E-state index contributed by atoms with van der Waals surface area (Å²) < 4.78 is 6.05. The van der Waals surface area contributed by atoms with E-state index in [0.717, 1.165) is 30.3 Å². The van der Waals surface area contributed by atoms with Crippen LogP contribution in [0.3, 0.4) is 0 Å². The van der Waals surface area contributed by atoms with E-state index < -0.39 is 0 Å². The zero-order valence-electron chi connectivity index (χ0n) is 19.2. The van der Waals surface area contributed by atoms with E-state index in [0.29, 0.717) is 42.0 Å². The number of hydrogen-bond donors (Lipinski definition) is 1. The summed E-state index contributed by atoms with van der Waals surface area (Å²) in [6, 6.07) is 14.6. The first kappa shape index (κ1) is 23.3. The van der Waals surface area contributed by atoms with E-state index in [-0.39, 0.29) is 17.7 Å². The standard InChI is InChI=1S/C27H28N4O3/c1-2-21(32)11-7-4-8-12-23(27-30-18-25(34-27)19-9-5-3-6-10-19)31-26(33)20-13-14-22-24(17-20)29-16-15-28-22/h3,5-6,9-10,13-18,23H,2,4,7-8,11-12H2,1H3,(H,31,33)/t23-/m0/s1. The fourth-order valence-electron chi connectivity index (χ4n) is 3.81. The highest BCUT2D eigenvalue weighted by molar-refractivity contribution is 5.97. The van der Waals surface area contributed by atoms with Crippen LogP contribution in [-0.4, -0.2) is 26.6 Å². The normalized spacial score (nSPS) is 11.9. The van der Waals surface area contributed by atoms with E-state index >= 15 is 0 Å². The minimum Gasteiger partial charge on any atom is -0.438 e. The third-order valence-corrected chi connectivity index (χ3v) is 5.76. The molecule has 0 aliphatic rings. The Morgan fingerprint density at radius 2 is 1.74 bits per heavy atom. The van der Waals surface area contributed by atoms with Crippen LogP contribution in [-0.2, 0) is 4.79 Å². The molecule has 0 spiro atoms. The van der Waals surface area contributed by atoms with Gasteiger partial charge in [-0.1, -0.05) is 50.1 Å². The monoisotopic (exact) mass is 456 g/mol. The number of rotatable bonds is 11. The Hall–Kier alpha value is -3.87. The zero-order valence-corrected chi connectivity index (χ0v) is 19.2. The second-order valence-electron chi connectivity index (χ2n) is 8.21. The third-order valence-electron chi connectivity index (χ3n) is 5.76. The molecule has 0 unspecified atom stereocenters. The number of carbonyl (C=O) groups is 2. The Morgan fingerprint density at radius 1 is 0.941 bits per heavy atom. The maximum atomic E-state index is 13.1. The largest absolute Gasteiger partial charge is 0.438 e. The number of oxazole rings is 1. The van der Waals surface area contributed by atoms with E-state index in [1.807, 2.05) is 37.3 Å². The van der Waals surface area contributed by atoms with Gasteiger partial charge in [0.1, 0.15) is 11.8 Å². The Morgan fingerprint density at radius 3 is 2.53 bits per heavy atom. The van der Waals surface area contributed by atoms with Crippen LogP contribution < -0.4 is 5.32 Å². The van der Waals surface area contributed by atoms with Crippen molar-refractivity contribution in [2.75, 3.05) is 0 Å². The molecule has 0 radical (unpaired) electrons. The van der Waals surface area contributed by atoms with Gasteiger partial charge in [-0.15, -0.1) is 0 Å². The van der Waals surface area contributed by atoms with Crippen molar-refractivity contribution in [1.29, 1.82) is 0 Å². The molecule has 174 valence electrons. The molecule has 34 heavy (non-hydrogen) atoms. The van der Waals surface area contributed by atoms with Gasteiger partial charge in [-0.3, -0.25) is 19.6 Å². The van der Waals surface area contributed by atoms with E-state index in [2.05, 4.69) is 20.3 Å². The Bertz CT molecular complexity index is 1250. The number of fused-ring (bicyclic) bond motifs is 1. The predicted molar refractivity (Wildman–Crippen MR) is 130 cm³/mol. The molecule has 0 saturated heterocycles. The van der Waals surface area contributed by atoms with Gasteiger partial charge >= 0.3 is 0 Å². The molecule has 4 rings (SSSR count). The summed E-state index contributed by atoms with van der Waals surface area (Å²) in [6.45, 7) is 1.89. The molecular weight excluding hydrogens is 428 g/mol. The fourth-order valence-corrected chi connectivity index (χ4v) is 3.81. The molecule has 0 bridgehead atoms. The topological polar surface area (TPSA) is 98.0 Å². The maximum absolute atomic E-state index is 13.1. The molecule has 0 aliphatic heterocycles. The molecule has 2 aromatic heterocycles. The summed E-state index contributed by atoms with van der Waals surface area (Å²) in [7, 11) is 0. The highest BCUT2D eigenvalue weighted by Crippen LogP contribution is 2.26. The van der Waals surface area contributed by atoms with Gasteiger partial charge in [-0.2, -0.15) is 0 Å². The van der Waals surface area contributed by atoms with Gasteiger partial charge < -0.3 is 9.73 Å². The van der Waals surface area contributed by atoms with Crippen molar-refractivity contribution < 1.29 is 14.0 Å². The van der Waals surface area contributed by atoms with E-state index in [9.17, 15) is 9.59 Å². The number of carbonyl (C=O) groups excluding carboxylic acids is 2. The van der Waals surface area contributed by atoms with Gasteiger partial charge in [0.15, 0.2) is 5.76 Å². The average Bonchev–Trinajstić information content (AvgIpc) is 3.38. The first-order valence-electron chi connectivity index (χ1n) is 11.7. The lowest BCUT2D eigenvalue weighted by Crippen LogP contribution is -2.28. The van der Waals surface area contributed by atoms with Crippen LogP contribution in [0.15, 0.2) is 71.5 Å². The molecule has 0 saturated carbocycles. The van der Waals surface area contributed by atoms with E-state index in [1.165, 1.54) is 0 Å². The quantitative estimate of drug-likeness (QED) is 0.291. The molecule has 0 aliphatic carbocycles.